The Morgan fingerprint density at radius 2 is 1.39 bits per heavy atom. The first kappa shape index (κ1) is 54.6. The number of ether oxygens (including phenoxy) is 3. The third-order valence-corrected chi connectivity index (χ3v) is 18.0. The first-order valence-electron chi connectivity index (χ1n) is 26.2. The maximum absolute atomic E-state index is 15.1. The fourth-order valence-electron chi connectivity index (χ4n) is 12.2. The first-order valence-corrected chi connectivity index (χ1v) is 27.3. The van der Waals surface area contributed by atoms with E-state index >= 15 is 8.78 Å². The highest BCUT2D eigenvalue weighted by Crippen LogP contribution is 2.61. The Labute approximate surface area is 453 Å². The fraction of sp³-hybridized carbons (Fsp3) is 0.517. The lowest BCUT2D eigenvalue weighted by molar-refractivity contribution is -0.173. The molecule has 1 N–H and O–H groups in total. The zero-order valence-electron chi connectivity index (χ0n) is 43.3. The van der Waals surface area contributed by atoms with Crippen molar-refractivity contribution in [1.29, 1.82) is 0 Å². The van der Waals surface area contributed by atoms with Crippen LogP contribution in [0.4, 0.5) is 8.78 Å². The minimum atomic E-state index is -3.42. The molecular weight excluding hydrogens is 1030 g/mol. The van der Waals surface area contributed by atoms with E-state index in [-0.39, 0.29) is 53.6 Å². The molecule has 4 amide bonds. The quantitative estimate of drug-likeness (QED) is 0.111. The van der Waals surface area contributed by atoms with Crippen LogP contribution in [-0.2, 0) is 20.6 Å². The van der Waals surface area contributed by atoms with Gasteiger partial charge < -0.3 is 38.9 Å². The van der Waals surface area contributed by atoms with Crippen LogP contribution in [0.1, 0.15) is 109 Å². The standard InChI is InChI=1S/C58H67Cl3F2N4O8/c1-64(2)51(68)44-12-9-40(32-48(44)60)74-26-17-39-34-56(39)20-24-67(25-21-56)54(70)57(18-6-19-57)46-30-37(7-14-47(46)59)43-11-8-38(31-50(43)73-5)58(72,53(62)63)55(71)66-22-15-35(16-23-66)27-36-28-42(29-36)75-41-10-13-45(49(61)33-41)52(69)65(3)4/h7-14,30-33,35-36,39,42,53,72H,6,15-29,34H2,1-5H3/t36?,39-,42?,58-/m0/s1. The van der Waals surface area contributed by atoms with Crippen molar-refractivity contribution < 1.29 is 47.3 Å². The monoisotopic (exact) mass is 1090 g/mol. The van der Waals surface area contributed by atoms with Gasteiger partial charge in [0, 0.05) is 70.5 Å². The molecule has 1 spiro atoms. The van der Waals surface area contributed by atoms with E-state index in [9.17, 15) is 24.3 Å². The number of hydrogen-bond donors (Lipinski definition) is 1. The topological polar surface area (TPSA) is 129 Å². The van der Waals surface area contributed by atoms with Crippen molar-refractivity contribution in [1.82, 2.24) is 19.6 Å². The molecule has 4 aromatic carbocycles. The molecule has 402 valence electrons. The molecule has 0 radical (unpaired) electrons. The summed E-state index contributed by atoms with van der Waals surface area (Å²) in [7, 11) is 8.11. The van der Waals surface area contributed by atoms with Crippen molar-refractivity contribution in [2.75, 3.05) is 68.1 Å². The van der Waals surface area contributed by atoms with Crippen LogP contribution in [0.2, 0.25) is 15.1 Å². The van der Waals surface area contributed by atoms with Crippen LogP contribution in [0, 0.1) is 23.2 Å². The number of nitrogens with zero attached hydrogens (tertiary/aromatic N) is 4. The average Bonchev–Trinajstić information content (AvgIpc) is 4.06. The maximum atomic E-state index is 15.1. The first-order chi connectivity index (χ1) is 35.8. The second kappa shape index (κ2) is 22.1. The third kappa shape index (κ3) is 10.9. The van der Waals surface area contributed by atoms with Crippen molar-refractivity contribution in [3.05, 3.63) is 110 Å². The predicted molar refractivity (Wildman–Crippen MR) is 285 cm³/mol. The lowest BCUT2D eigenvalue weighted by atomic mass is 9.63. The molecule has 2 atom stereocenters. The van der Waals surface area contributed by atoms with Gasteiger partial charge in [0.2, 0.25) is 11.5 Å². The SMILES string of the molecule is COc1cc([C@@](O)(C(=O)N2CCC(CC3CC(Oc4ccc(C(=O)N(C)C)c(Cl)c4)C3)CC2)C(F)F)ccc1-c1ccc(Cl)c(C2(C(=O)N3CCC4(CC3)C[C@@H]4CCOc3ccc(C(=O)N(C)C)c(Cl)c3)CCC2)c1. The van der Waals surface area contributed by atoms with E-state index in [4.69, 9.17) is 49.0 Å². The molecular formula is C58H67Cl3F2N4O8. The van der Waals surface area contributed by atoms with Crippen molar-refractivity contribution in [3.63, 3.8) is 0 Å². The maximum Gasteiger partial charge on any atom is 0.280 e. The lowest BCUT2D eigenvalue weighted by Crippen LogP contribution is -2.53. The highest BCUT2D eigenvalue weighted by Gasteiger charge is 2.57. The number of carbonyl (C=O) groups excluding carboxylic acids is 4. The normalized spacial score (nSPS) is 21.6. The second-order valence-electron chi connectivity index (χ2n) is 22.0. The number of benzene rings is 4. The van der Waals surface area contributed by atoms with Crippen molar-refractivity contribution in [3.8, 4) is 28.4 Å². The van der Waals surface area contributed by atoms with E-state index in [1.54, 1.807) is 82.8 Å². The van der Waals surface area contributed by atoms with Crippen LogP contribution in [0.25, 0.3) is 11.1 Å². The summed E-state index contributed by atoms with van der Waals surface area (Å²) in [5.41, 5.74) is -1.25. The Bertz CT molecular complexity index is 2810. The van der Waals surface area contributed by atoms with Crippen LogP contribution < -0.4 is 14.2 Å². The van der Waals surface area contributed by atoms with Crippen molar-refractivity contribution >= 4 is 58.4 Å². The number of methoxy groups -OCH3 is 1. The van der Waals surface area contributed by atoms with Gasteiger partial charge in [-0.15, -0.1) is 0 Å². The van der Waals surface area contributed by atoms with Gasteiger partial charge in [-0.05, 0) is 160 Å². The van der Waals surface area contributed by atoms with Gasteiger partial charge in [-0.25, -0.2) is 8.78 Å². The van der Waals surface area contributed by atoms with Crippen LogP contribution >= 0.6 is 34.8 Å². The van der Waals surface area contributed by atoms with E-state index in [0.717, 1.165) is 51.4 Å². The molecule has 3 saturated carbocycles. The zero-order chi connectivity index (χ0) is 53.6. The molecule has 4 aromatic rings. The van der Waals surface area contributed by atoms with Crippen LogP contribution in [-0.4, -0.2) is 129 Å². The lowest BCUT2D eigenvalue weighted by Gasteiger charge is -2.46. The third-order valence-electron chi connectivity index (χ3n) is 17.1. The van der Waals surface area contributed by atoms with E-state index in [2.05, 4.69) is 0 Å². The number of hydrogen-bond acceptors (Lipinski definition) is 8. The number of rotatable bonds is 17. The minimum absolute atomic E-state index is 0.0222. The summed E-state index contributed by atoms with van der Waals surface area (Å²) in [5, 5.41) is 12.9. The van der Waals surface area contributed by atoms with Crippen LogP contribution in [0.5, 0.6) is 17.2 Å². The highest BCUT2D eigenvalue weighted by atomic mass is 35.5. The van der Waals surface area contributed by atoms with E-state index in [0.29, 0.717) is 118 Å². The summed E-state index contributed by atoms with van der Waals surface area (Å²) < 4.78 is 48.2. The van der Waals surface area contributed by atoms with Gasteiger partial charge in [0.25, 0.3) is 24.1 Å². The summed E-state index contributed by atoms with van der Waals surface area (Å²) in [4.78, 5) is 59.7. The van der Waals surface area contributed by atoms with Gasteiger partial charge in [-0.3, -0.25) is 19.2 Å². The van der Waals surface area contributed by atoms with E-state index < -0.39 is 23.3 Å². The average molecular weight is 1090 g/mol. The molecule has 2 saturated heterocycles. The Balaban J connectivity index is 0.789. The summed E-state index contributed by atoms with van der Waals surface area (Å²) in [5.74, 6) is 1.31. The number of halogens is 5. The van der Waals surface area contributed by atoms with Gasteiger partial charge in [0.15, 0.2) is 0 Å². The van der Waals surface area contributed by atoms with Gasteiger partial charge in [0.05, 0.1) is 46.4 Å². The largest absolute Gasteiger partial charge is 0.496 e. The van der Waals surface area contributed by atoms with Gasteiger partial charge >= 0.3 is 0 Å². The molecule has 75 heavy (non-hydrogen) atoms. The van der Waals surface area contributed by atoms with Gasteiger partial charge in [0.1, 0.15) is 17.2 Å². The smallest absolute Gasteiger partial charge is 0.280 e. The molecule has 9 rings (SSSR count). The minimum Gasteiger partial charge on any atom is -0.496 e. The number of amides is 4. The van der Waals surface area contributed by atoms with Crippen LogP contribution in [0.15, 0.2) is 72.8 Å². The number of carbonyl (C=O) groups is 4. The molecule has 5 aliphatic rings. The predicted octanol–water partition coefficient (Wildman–Crippen LogP) is 11.2. The molecule has 3 aliphatic carbocycles. The Morgan fingerprint density at radius 3 is 1.96 bits per heavy atom. The van der Waals surface area contributed by atoms with Crippen molar-refractivity contribution in [2.24, 2.45) is 23.2 Å². The molecule has 0 aromatic heterocycles. The Morgan fingerprint density at radius 1 is 0.760 bits per heavy atom. The highest BCUT2D eigenvalue weighted by molar-refractivity contribution is 6.34. The molecule has 2 aliphatic heterocycles. The number of alkyl halides is 2. The Kier molecular flexibility index (Phi) is 16.1. The number of aliphatic hydroxyl groups is 1. The summed E-state index contributed by atoms with van der Waals surface area (Å²) in [6.07, 6.45) is 6.44. The van der Waals surface area contributed by atoms with E-state index in [1.165, 1.54) is 33.9 Å². The van der Waals surface area contributed by atoms with Gasteiger partial charge in [-0.2, -0.15) is 0 Å². The Hall–Kier alpha value is -5.15. The number of likely N-dealkylation sites (tertiary alicyclic amines) is 2. The summed E-state index contributed by atoms with van der Waals surface area (Å²) in [6, 6.07) is 20.0. The van der Waals surface area contributed by atoms with Crippen LogP contribution in [0.3, 0.4) is 0 Å². The molecule has 5 fully saturated rings. The molecule has 17 heteroatoms. The molecule has 2 heterocycles. The fourth-order valence-corrected chi connectivity index (χ4v) is 13.0. The second-order valence-corrected chi connectivity index (χ2v) is 23.3. The van der Waals surface area contributed by atoms with Gasteiger partial charge in [-0.1, -0.05) is 59.4 Å². The zero-order valence-corrected chi connectivity index (χ0v) is 45.6. The summed E-state index contributed by atoms with van der Waals surface area (Å²) in [6.45, 7) is 2.33. The van der Waals surface area contributed by atoms with Crippen molar-refractivity contribution in [2.45, 2.75) is 101 Å². The molecule has 0 bridgehead atoms. The number of piperidine rings is 2. The van der Waals surface area contributed by atoms with E-state index in [1.807, 2.05) is 11.0 Å². The summed E-state index contributed by atoms with van der Waals surface area (Å²) >= 11 is 19.7. The molecule has 12 nitrogen and oxygen atoms in total. The molecule has 0 unspecified atom stereocenters.